The average Bonchev–Trinajstić information content (AvgIpc) is 3.90. The van der Waals surface area contributed by atoms with Gasteiger partial charge in [-0.15, -0.1) is 0 Å². The van der Waals surface area contributed by atoms with Crippen molar-refractivity contribution in [2.75, 3.05) is 9.80 Å². The predicted molar refractivity (Wildman–Crippen MR) is 276 cm³/mol. The van der Waals surface area contributed by atoms with E-state index in [1.165, 1.54) is 0 Å². The highest BCUT2D eigenvalue weighted by molar-refractivity contribution is 6.05. The lowest BCUT2D eigenvalue weighted by Gasteiger charge is -2.32. The van der Waals surface area contributed by atoms with Gasteiger partial charge in [0.25, 0.3) is 0 Å². The average molecular weight is 931 g/mol. The van der Waals surface area contributed by atoms with Gasteiger partial charge in [-0.1, -0.05) is 121 Å². The zero-order valence-electron chi connectivity index (χ0n) is 37.6. The van der Waals surface area contributed by atoms with Gasteiger partial charge >= 0.3 is 0 Å². The van der Waals surface area contributed by atoms with Crippen LogP contribution in [0.5, 0.6) is 46.0 Å². The number of phenols is 8. The maximum Gasteiger partial charge on any atom is 0.204 e. The Morgan fingerprint density at radius 1 is 0.254 bits per heavy atom. The summed E-state index contributed by atoms with van der Waals surface area (Å²) < 4.78 is 0. The molecule has 12 rings (SSSR count). The second-order valence-electron chi connectivity index (χ2n) is 17.7. The molecule has 1 spiro atoms. The molecule has 2 aliphatic carbocycles. The molecular weight excluding hydrogens is 889 g/mol. The molecule has 10 aromatic rings. The van der Waals surface area contributed by atoms with Gasteiger partial charge in [0, 0.05) is 56.4 Å². The molecule has 0 heterocycles. The van der Waals surface area contributed by atoms with Crippen LogP contribution >= 0.6 is 0 Å². The molecule has 0 bridgehead atoms. The zero-order valence-corrected chi connectivity index (χ0v) is 37.6. The van der Waals surface area contributed by atoms with Gasteiger partial charge in [-0.25, -0.2) is 0 Å². The summed E-state index contributed by atoms with van der Waals surface area (Å²) in [6.45, 7) is 0. The van der Waals surface area contributed by atoms with Crippen LogP contribution in [0.15, 0.2) is 206 Å². The van der Waals surface area contributed by atoms with Crippen LogP contribution in [0, 0.1) is 0 Å². The van der Waals surface area contributed by atoms with E-state index in [1.54, 1.807) is 0 Å². The van der Waals surface area contributed by atoms with Crippen LogP contribution in [0.4, 0.5) is 34.1 Å². The van der Waals surface area contributed by atoms with E-state index in [0.29, 0.717) is 33.4 Å². The maximum atomic E-state index is 12.2. The maximum absolute atomic E-state index is 12.2. The Morgan fingerprint density at radius 2 is 0.521 bits per heavy atom. The molecule has 344 valence electrons. The van der Waals surface area contributed by atoms with Gasteiger partial charge in [0.2, 0.25) is 23.0 Å². The Balaban J connectivity index is 1.06. The van der Waals surface area contributed by atoms with Crippen molar-refractivity contribution in [2.24, 2.45) is 0 Å². The molecule has 0 amide bonds. The Bertz CT molecular complexity index is 3390. The van der Waals surface area contributed by atoms with Crippen LogP contribution in [0.1, 0.15) is 22.3 Å². The SMILES string of the molecule is Oc1c(O)c(O)c2c(c1O)-c1c(O)c(O)c(O)c(O)c1C21c2cc(-c3ccc(N(c4ccccc4)c4ccccc4)cc3)ccc2-c2ccc(-c3ccc(N(c4ccccc4)c4ccccc4)cc3)cc21. The summed E-state index contributed by atoms with van der Waals surface area (Å²) in [5.74, 6) is -7.81. The van der Waals surface area contributed by atoms with Crippen molar-refractivity contribution in [3.05, 3.63) is 229 Å². The van der Waals surface area contributed by atoms with Crippen LogP contribution < -0.4 is 9.80 Å². The number of benzene rings is 10. The molecule has 0 aliphatic heterocycles. The topological polar surface area (TPSA) is 168 Å². The molecule has 0 fully saturated rings. The highest BCUT2D eigenvalue weighted by Crippen LogP contribution is 2.74. The minimum Gasteiger partial charge on any atom is -0.504 e. The second kappa shape index (κ2) is 16.2. The number of nitrogens with zero attached hydrogens (tertiary/aromatic N) is 2. The van der Waals surface area contributed by atoms with Crippen molar-refractivity contribution in [3.63, 3.8) is 0 Å². The molecule has 0 radical (unpaired) electrons. The minimum absolute atomic E-state index is 0.196. The number of fused-ring (bicyclic) bond motifs is 10. The first-order valence-electron chi connectivity index (χ1n) is 22.9. The quantitative estimate of drug-likeness (QED) is 0.0542. The minimum atomic E-state index is -1.91. The van der Waals surface area contributed by atoms with E-state index in [4.69, 9.17) is 0 Å². The van der Waals surface area contributed by atoms with E-state index >= 15 is 0 Å². The van der Waals surface area contributed by atoms with E-state index in [-0.39, 0.29) is 22.3 Å². The highest BCUT2D eigenvalue weighted by Gasteiger charge is 2.58. The fourth-order valence-corrected chi connectivity index (χ4v) is 10.8. The normalized spacial score (nSPS) is 12.5. The molecule has 2 aliphatic rings. The molecule has 0 saturated heterocycles. The zero-order chi connectivity index (χ0) is 48.7. The van der Waals surface area contributed by atoms with E-state index in [0.717, 1.165) is 45.3 Å². The number of hydrogen-bond donors (Lipinski definition) is 8. The molecule has 0 aromatic heterocycles. The van der Waals surface area contributed by atoms with Crippen molar-refractivity contribution in [1.29, 1.82) is 0 Å². The summed E-state index contributed by atoms with van der Waals surface area (Å²) in [5.41, 5.74) is 7.81. The fourth-order valence-electron chi connectivity index (χ4n) is 10.8. The summed E-state index contributed by atoms with van der Waals surface area (Å²) in [6, 6.07) is 67.6. The predicted octanol–water partition coefficient (Wildman–Crippen LogP) is 13.9. The Labute approximate surface area is 407 Å². The molecule has 8 N–H and O–H groups in total. The highest BCUT2D eigenvalue weighted by atomic mass is 16.4. The van der Waals surface area contributed by atoms with Gasteiger partial charge in [0.05, 0.1) is 5.41 Å². The molecule has 0 atom stereocenters. The first kappa shape index (κ1) is 42.5. The van der Waals surface area contributed by atoms with E-state index in [2.05, 4.69) is 9.80 Å². The lowest BCUT2D eigenvalue weighted by molar-refractivity contribution is 0.342. The number of para-hydroxylation sites is 4. The number of hydrogen-bond acceptors (Lipinski definition) is 10. The molecule has 10 aromatic carbocycles. The third kappa shape index (κ3) is 6.28. The number of rotatable bonds is 8. The van der Waals surface area contributed by atoms with Crippen molar-refractivity contribution in [3.8, 4) is 90.5 Å². The van der Waals surface area contributed by atoms with Gasteiger partial charge in [-0.2, -0.15) is 0 Å². The van der Waals surface area contributed by atoms with E-state index in [1.807, 2.05) is 206 Å². The van der Waals surface area contributed by atoms with Gasteiger partial charge in [0.1, 0.15) is 0 Å². The van der Waals surface area contributed by atoms with E-state index < -0.39 is 51.4 Å². The fraction of sp³-hybridized carbons (Fsp3) is 0.0164. The largest absolute Gasteiger partial charge is 0.504 e. The summed E-state index contributed by atoms with van der Waals surface area (Å²) in [7, 11) is 0. The first-order chi connectivity index (χ1) is 34.6. The Kier molecular flexibility index (Phi) is 9.69. The van der Waals surface area contributed by atoms with Crippen LogP contribution in [-0.4, -0.2) is 40.9 Å². The van der Waals surface area contributed by atoms with Crippen LogP contribution in [0.25, 0.3) is 44.5 Å². The lowest BCUT2D eigenvalue weighted by Crippen LogP contribution is -2.26. The number of aromatic hydroxyl groups is 8. The molecule has 10 heteroatoms. The second-order valence-corrected chi connectivity index (χ2v) is 17.7. The Hall–Kier alpha value is -9.80. The summed E-state index contributed by atoms with van der Waals surface area (Å²) in [6.07, 6.45) is 0. The van der Waals surface area contributed by atoms with Gasteiger partial charge in [0.15, 0.2) is 23.0 Å². The Morgan fingerprint density at radius 3 is 0.831 bits per heavy atom. The molecule has 0 unspecified atom stereocenters. The summed E-state index contributed by atoms with van der Waals surface area (Å²) in [5, 5.41) is 92.7. The van der Waals surface area contributed by atoms with Gasteiger partial charge in [-0.05, 0) is 129 Å². The number of anilines is 6. The van der Waals surface area contributed by atoms with E-state index in [9.17, 15) is 40.9 Å². The third-order valence-corrected chi connectivity index (χ3v) is 13.9. The van der Waals surface area contributed by atoms with Crippen molar-refractivity contribution in [1.82, 2.24) is 0 Å². The molecule has 71 heavy (non-hydrogen) atoms. The molecule has 10 nitrogen and oxygen atoms in total. The molecular formula is C61H42N2O8. The number of phenolic OH excluding ortho intramolecular Hbond substituents is 8. The lowest BCUT2D eigenvalue weighted by atomic mass is 9.69. The van der Waals surface area contributed by atoms with Gasteiger partial charge < -0.3 is 50.7 Å². The summed E-state index contributed by atoms with van der Waals surface area (Å²) >= 11 is 0. The summed E-state index contributed by atoms with van der Waals surface area (Å²) in [4.78, 5) is 4.29. The van der Waals surface area contributed by atoms with Crippen LogP contribution in [0.3, 0.4) is 0 Å². The molecule has 0 saturated carbocycles. The van der Waals surface area contributed by atoms with Crippen LogP contribution in [-0.2, 0) is 5.41 Å². The van der Waals surface area contributed by atoms with Crippen molar-refractivity contribution >= 4 is 34.1 Å². The first-order valence-corrected chi connectivity index (χ1v) is 22.9. The monoisotopic (exact) mass is 930 g/mol. The van der Waals surface area contributed by atoms with Gasteiger partial charge in [-0.3, -0.25) is 0 Å². The van der Waals surface area contributed by atoms with Crippen molar-refractivity contribution in [2.45, 2.75) is 5.41 Å². The third-order valence-electron chi connectivity index (χ3n) is 13.9. The standard InChI is InChI=1S/C61H42N2O8/c64-53-49-50-52(56(67)60(71)58(69)54(50)65)61(51(49)55(66)59(70)57(53)68)47-33-37(35-21-27-43(28-22-35)62(39-13-5-1-6-14-39)40-15-7-2-8-16-40)25-31-45(47)46-32-26-38(34-48(46)61)36-23-29-44(30-24-36)63(41-17-9-3-10-18-41)42-19-11-4-12-20-42/h1-34,64-71H. The van der Waals surface area contributed by atoms with Crippen molar-refractivity contribution < 1.29 is 40.9 Å². The van der Waals surface area contributed by atoms with Crippen LogP contribution in [0.2, 0.25) is 0 Å². The smallest absolute Gasteiger partial charge is 0.204 e.